The highest BCUT2D eigenvalue weighted by Crippen LogP contribution is 2.33. The number of para-hydroxylation sites is 1. The third-order valence-electron chi connectivity index (χ3n) is 3.80. The van der Waals surface area contributed by atoms with Gasteiger partial charge in [0.25, 0.3) is 0 Å². The summed E-state index contributed by atoms with van der Waals surface area (Å²) in [7, 11) is 0. The first-order valence-electron chi connectivity index (χ1n) is 6.93. The fraction of sp³-hybridized carbons (Fsp3) is 0.250. The number of nitrogens with zero attached hydrogens (tertiary/aromatic N) is 3. The van der Waals surface area contributed by atoms with Crippen LogP contribution in [0.3, 0.4) is 0 Å². The number of rotatable bonds is 3. The highest BCUT2D eigenvalue weighted by Gasteiger charge is 2.25. The maximum absolute atomic E-state index is 12.2. The van der Waals surface area contributed by atoms with E-state index in [0.29, 0.717) is 12.6 Å². The minimum Gasteiger partial charge on any atom is -0.296 e. The number of benzene rings is 1. The molecule has 1 aromatic carbocycles. The Kier molecular flexibility index (Phi) is 2.49. The largest absolute Gasteiger partial charge is 0.328 e. The van der Waals surface area contributed by atoms with Crippen LogP contribution in [0.4, 0.5) is 0 Å². The Morgan fingerprint density at radius 3 is 2.80 bits per heavy atom. The van der Waals surface area contributed by atoms with E-state index in [1.807, 2.05) is 47.3 Å². The van der Waals surface area contributed by atoms with Crippen molar-refractivity contribution in [2.24, 2.45) is 0 Å². The van der Waals surface area contributed by atoms with Crippen molar-refractivity contribution in [2.45, 2.75) is 25.4 Å². The first kappa shape index (κ1) is 11.5. The molecular weight excluding hydrogens is 250 g/mol. The van der Waals surface area contributed by atoms with Gasteiger partial charge in [0.05, 0.1) is 17.8 Å². The Labute approximate surface area is 116 Å². The zero-order chi connectivity index (χ0) is 13.5. The zero-order valence-corrected chi connectivity index (χ0v) is 11.1. The molecule has 0 N–H and O–H groups in total. The van der Waals surface area contributed by atoms with Gasteiger partial charge in [-0.05, 0) is 25.0 Å². The second kappa shape index (κ2) is 4.34. The van der Waals surface area contributed by atoms with E-state index in [0.717, 1.165) is 29.4 Å². The van der Waals surface area contributed by atoms with Crippen molar-refractivity contribution >= 4 is 10.9 Å². The minimum atomic E-state index is 0.0717. The van der Waals surface area contributed by atoms with Crippen molar-refractivity contribution in [3.05, 3.63) is 65.0 Å². The standard InChI is InChI=1S/C16H15N3O/c20-16-18(9-10-19(16)14-7-8-14)11-13-6-5-12-3-1-2-4-15(12)17-13/h1-6,9-10,14H,7-8,11H2. The molecule has 100 valence electrons. The van der Waals surface area contributed by atoms with Gasteiger partial charge in [-0.15, -0.1) is 0 Å². The maximum atomic E-state index is 12.2. The molecule has 2 heterocycles. The Hall–Kier alpha value is -2.36. The van der Waals surface area contributed by atoms with E-state index in [4.69, 9.17) is 0 Å². The molecule has 1 fully saturated rings. The lowest BCUT2D eigenvalue weighted by Crippen LogP contribution is -2.24. The number of imidazole rings is 1. The van der Waals surface area contributed by atoms with Gasteiger partial charge < -0.3 is 0 Å². The summed E-state index contributed by atoms with van der Waals surface area (Å²) in [4.78, 5) is 16.8. The summed E-state index contributed by atoms with van der Waals surface area (Å²) in [5.41, 5.74) is 1.96. The van der Waals surface area contributed by atoms with Crippen LogP contribution in [0.15, 0.2) is 53.6 Å². The summed E-state index contributed by atoms with van der Waals surface area (Å²) in [6.45, 7) is 0.531. The molecule has 0 aliphatic heterocycles. The molecule has 0 radical (unpaired) electrons. The van der Waals surface area contributed by atoms with Crippen LogP contribution < -0.4 is 5.69 Å². The van der Waals surface area contributed by atoms with Crippen LogP contribution in [0.1, 0.15) is 24.6 Å². The molecule has 0 atom stereocenters. The molecule has 0 amide bonds. The lowest BCUT2D eigenvalue weighted by Gasteiger charge is -2.03. The highest BCUT2D eigenvalue weighted by atomic mass is 16.1. The van der Waals surface area contributed by atoms with Crippen molar-refractivity contribution in [1.29, 1.82) is 0 Å². The molecule has 4 heteroatoms. The summed E-state index contributed by atoms with van der Waals surface area (Å²) < 4.78 is 3.57. The van der Waals surface area contributed by atoms with Gasteiger partial charge >= 0.3 is 5.69 Å². The van der Waals surface area contributed by atoms with E-state index in [9.17, 15) is 4.79 Å². The molecule has 0 saturated heterocycles. The van der Waals surface area contributed by atoms with E-state index in [-0.39, 0.29) is 5.69 Å². The number of hydrogen-bond donors (Lipinski definition) is 0. The summed E-state index contributed by atoms with van der Waals surface area (Å²) in [5.74, 6) is 0. The Morgan fingerprint density at radius 2 is 1.95 bits per heavy atom. The molecule has 3 aromatic rings. The van der Waals surface area contributed by atoms with Crippen molar-refractivity contribution in [3.63, 3.8) is 0 Å². The van der Waals surface area contributed by atoms with Crippen LogP contribution in [0.5, 0.6) is 0 Å². The minimum absolute atomic E-state index is 0.0717. The number of pyridine rings is 1. The average Bonchev–Trinajstić information content (AvgIpc) is 3.25. The summed E-state index contributed by atoms with van der Waals surface area (Å²) in [6.07, 6.45) is 5.99. The molecule has 0 bridgehead atoms. The van der Waals surface area contributed by atoms with Crippen LogP contribution >= 0.6 is 0 Å². The van der Waals surface area contributed by atoms with Gasteiger partial charge in [-0.2, -0.15) is 0 Å². The highest BCUT2D eigenvalue weighted by molar-refractivity contribution is 5.78. The van der Waals surface area contributed by atoms with Gasteiger partial charge in [-0.1, -0.05) is 24.3 Å². The Bertz CT molecular complexity index is 827. The third kappa shape index (κ3) is 1.93. The van der Waals surface area contributed by atoms with E-state index >= 15 is 0 Å². The second-order valence-electron chi connectivity index (χ2n) is 5.34. The summed E-state index contributed by atoms with van der Waals surface area (Å²) in [5, 5.41) is 1.12. The molecule has 4 rings (SSSR count). The van der Waals surface area contributed by atoms with Crippen LogP contribution in [-0.4, -0.2) is 14.1 Å². The smallest absolute Gasteiger partial charge is 0.296 e. The summed E-state index contributed by atoms with van der Waals surface area (Å²) in [6, 6.07) is 12.5. The van der Waals surface area contributed by atoms with Crippen LogP contribution in [0, 0.1) is 0 Å². The van der Waals surface area contributed by atoms with E-state index in [1.165, 1.54) is 0 Å². The predicted molar refractivity (Wildman–Crippen MR) is 77.8 cm³/mol. The van der Waals surface area contributed by atoms with E-state index < -0.39 is 0 Å². The number of hydrogen-bond acceptors (Lipinski definition) is 2. The van der Waals surface area contributed by atoms with Crippen LogP contribution in [-0.2, 0) is 6.54 Å². The summed E-state index contributed by atoms with van der Waals surface area (Å²) >= 11 is 0. The van der Waals surface area contributed by atoms with Gasteiger partial charge in [0.15, 0.2) is 0 Å². The molecule has 0 spiro atoms. The first-order valence-corrected chi connectivity index (χ1v) is 6.93. The Morgan fingerprint density at radius 1 is 1.10 bits per heavy atom. The molecule has 4 nitrogen and oxygen atoms in total. The molecule has 1 saturated carbocycles. The monoisotopic (exact) mass is 265 g/mol. The molecule has 1 aliphatic carbocycles. The van der Waals surface area contributed by atoms with Crippen LogP contribution in [0.2, 0.25) is 0 Å². The van der Waals surface area contributed by atoms with E-state index in [1.54, 1.807) is 4.57 Å². The second-order valence-corrected chi connectivity index (χ2v) is 5.34. The van der Waals surface area contributed by atoms with Gasteiger partial charge in [-0.25, -0.2) is 4.79 Å². The fourth-order valence-corrected chi connectivity index (χ4v) is 2.55. The lowest BCUT2D eigenvalue weighted by molar-refractivity contribution is 0.651. The average molecular weight is 265 g/mol. The molecule has 2 aromatic heterocycles. The number of aromatic nitrogens is 3. The van der Waals surface area contributed by atoms with Gasteiger partial charge in [0.2, 0.25) is 0 Å². The lowest BCUT2D eigenvalue weighted by atomic mass is 10.2. The quantitative estimate of drug-likeness (QED) is 0.730. The third-order valence-corrected chi connectivity index (χ3v) is 3.80. The Balaban J connectivity index is 1.68. The SMILES string of the molecule is O=c1n(Cc2ccc3ccccc3n2)ccn1C1CC1. The maximum Gasteiger partial charge on any atom is 0.328 e. The zero-order valence-electron chi connectivity index (χ0n) is 11.1. The molecular formula is C16H15N3O. The molecule has 0 unspecified atom stereocenters. The van der Waals surface area contributed by atoms with Crippen molar-refractivity contribution in [1.82, 2.24) is 14.1 Å². The van der Waals surface area contributed by atoms with E-state index in [2.05, 4.69) is 11.1 Å². The fourth-order valence-electron chi connectivity index (χ4n) is 2.55. The molecule has 1 aliphatic rings. The van der Waals surface area contributed by atoms with Crippen LogP contribution in [0.25, 0.3) is 10.9 Å². The van der Waals surface area contributed by atoms with Crippen molar-refractivity contribution < 1.29 is 0 Å². The predicted octanol–water partition coefficient (Wildman–Crippen LogP) is 2.58. The van der Waals surface area contributed by atoms with Gasteiger partial charge in [-0.3, -0.25) is 14.1 Å². The topological polar surface area (TPSA) is 39.8 Å². The van der Waals surface area contributed by atoms with Crippen molar-refractivity contribution in [3.8, 4) is 0 Å². The number of fused-ring (bicyclic) bond motifs is 1. The van der Waals surface area contributed by atoms with Crippen molar-refractivity contribution in [2.75, 3.05) is 0 Å². The molecule has 20 heavy (non-hydrogen) atoms. The van der Waals surface area contributed by atoms with Gasteiger partial charge in [0.1, 0.15) is 0 Å². The normalized spacial score (nSPS) is 14.8. The van der Waals surface area contributed by atoms with Gasteiger partial charge in [0, 0.05) is 23.8 Å². The first-order chi connectivity index (χ1) is 9.81.